The van der Waals surface area contributed by atoms with Crippen molar-refractivity contribution in [3.63, 3.8) is 0 Å². The molecule has 1 aromatic carbocycles. The van der Waals surface area contributed by atoms with Gasteiger partial charge in [0.15, 0.2) is 0 Å². The molecule has 3 nitrogen and oxygen atoms in total. The van der Waals surface area contributed by atoms with Crippen LogP contribution in [0.15, 0.2) is 21.6 Å². The molecule has 0 saturated heterocycles. The third-order valence-corrected chi connectivity index (χ3v) is 3.66. The highest BCUT2D eigenvalue weighted by molar-refractivity contribution is 9.10. The van der Waals surface area contributed by atoms with Crippen LogP contribution in [0.2, 0.25) is 0 Å². The third kappa shape index (κ3) is 2.53. The molecule has 1 aromatic rings. The Morgan fingerprint density at radius 3 is 2.47 bits per heavy atom. The second-order valence-electron chi connectivity index (χ2n) is 4.27. The van der Waals surface area contributed by atoms with E-state index >= 15 is 0 Å². The highest BCUT2D eigenvalue weighted by Crippen LogP contribution is 2.52. The van der Waals surface area contributed by atoms with Crippen molar-refractivity contribution < 1.29 is 22.7 Å². The number of isocyanates is 1. The molecule has 1 saturated carbocycles. The minimum atomic E-state index is -4.54. The Kier molecular flexibility index (Phi) is 3.45. The molecular weight excluding hydrogens is 327 g/mol. The minimum Gasteiger partial charge on any atom is -0.495 e. The van der Waals surface area contributed by atoms with Crippen LogP contribution in [0, 0.1) is 0 Å². The lowest BCUT2D eigenvalue weighted by atomic mass is 10.0. The number of hydrogen-bond donors (Lipinski definition) is 0. The first-order valence-electron chi connectivity index (χ1n) is 5.38. The number of nitrogens with zero attached hydrogens (tertiary/aromatic N) is 1. The second kappa shape index (κ2) is 4.65. The zero-order chi connectivity index (χ0) is 14.3. The van der Waals surface area contributed by atoms with Crippen LogP contribution >= 0.6 is 15.9 Å². The highest BCUT2D eigenvalue weighted by Gasteiger charge is 2.47. The average Bonchev–Trinajstić information content (AvgIpc) is 3.08. The van der Waals surface area contributed by atoms with E-state index in [1.807, 2.05) is 0 Å². The molecule has 19 heavy (non-hydrogen) atoms. The maximum absolute atomic E-state index is 13.0. The Hall–Kier alpha value is -1.33. The molecule has 2 rings (SSSR count). The molecule has 1 fully saturated rings. The molecule has 0 atom stereocenters. The molecular formula is C12H9BrF3NO2. The number of benzene rings is 1. The molecule has 0 radical (unpaired) electrons. The summed E-state index contributed by atoms with van der Waals surface area (Å²) in [6.45, 7) is 0. The SMILES string of the molecule is COc1c(Br)cc(C2(N=C=O)CC2)cc1C(F)(F)F. The predicted molar refractivity (Wildman–Crippen MR) is 64.7 cm³/mol. The van der Waals surface area contributed by atoms with Crippen LogP contribution in [0.5, 0.6) is 5.75 Å². The van der Waals surface area contributed by atoms with Crippen LogP contribution in [0.4, 0.5) is 13.2 Å². The van der Waals surface area contributed by atoms with Gasteiger partial charge in [-0.2, -0.15) is 18.2 Å². The number of carbonyl (C=O) groups excluding carboxylic acids is 1. The number of rotatable bonds is 3. The second-order valence-corrected chi connectivity index (χ2v) is 5.13. The number of ether oxygens (including phenoxy) is 1. The topological polar surface area (TPSA) is 38.7 Å². The van der Waals surface area contributed by atoms with Gasteiger partial charge in [-0.25, -0.2) is 4.79 Å². The Morgan fingerprint density at radius 2 is 2.05 bits per heavy atom. The van der Waals surface area contributed by atoms with Crippen molar-refractivity contribution in [3.8, 4) is 5.75 Å². The average molecular weight is 336 g/mol. The summed E-state index contributed by atoms with van der Waals surface area (Å²) in [7, 11) is 1.17. The summed E-state index contributed by atoms with van der Waals surface area (Å²) in [6, 6.07) is 2.49. The zero-order valence-electron chi connectivity index (χ0n) is 9.84. The molecule has 0 aromatic heterocycles. The molecule has 1 aliphatic carbocycles. The summed E-state index contributed by atoms with van der Waals surface area (Å²) in [5, 5.41) is 0. The summed E-state index contributed by atoms with van der Waals surface area (Å²) in [5.41, 5.74) is -1.39. The standard InChI is InChI=1S/C12H9BrF3NO2/c1-19-10-8(12(14,15)16)4-7(5-9(10)13)11(2-3-11)17-6-18/h4-5H,2-3H2,1H3. The first-order valence-corrected chi connectivity index (χ1v) is 6.17. The van der Waals surface area contributed by atoms with Gasteiger partial charge < -0.3 is 4.74 Å². The molecule has 0 N–H and O–H groups in total. The van der Waals surface area contributed by atoms with Gasteiger partial charge in [-0.15, -0.1) is 0 Å². The van der Waals surface area contributed by atoms with E-state index in [9.17, 15) is 18.0 Å². The molecule has 0 unspecified atom stereocenters. The van der Waals surface area contributed by atoms with Crippen LogP contribution in [0.1, 0.15) is 24.0 Å². The third-order valence-electron chi connectivity index (χ3n) is 3.07. The van der Waals surface area contributed by atoms with Crippen LogP contribution in [0.25, 0.3) is 0 Å². The number of methoxy groups -OCH3 is 1. The van der Waals surface area contributed by atoms with Crippen molar-refractivity contribution in [3.05, 3.63) is 27.7 Å². The lowest BCUT2D eigenvalue weighted by Gasteiger charge is -2.17. The Balaban J connectivity index is 2.61. The number of aliphatic imine (C=N–C) groups is 1. The normalized spacial score (nSPS) is 16.7. The van der Waals surface area contributed by atoms with E-state index in [0.717, 1.165) is 6.07 Å². The van der Waals surface area contributed by atoms with Crippen molar-refractivity contribution >= 4 is 22.0 Å². The van der Waals surface area contributed by atoms with Gasteiger partial charge in [0.1, 0.15) is 5.75 Å². The van der Waals surface area contributed by atoms with Crippen molar-refractivity contribution in [1.82, 2.24) is 0 Å². The predicted octanol–water partition coefficient (Wildman–Crippen LogP) is 3.80. The van der Waals surface area contributed by atoms with Crippen molar-refractivity contribution in [1.29, 1.82) is 0 Å². The lowest BCUT2D eigenvalue weighted by molar-refractivity contribution is -0.138. The first-order chi connectivity index (χ1) is 8.84. The largest absolute Gasteiger partial charge is 0.495 e. The summed E-state index contributed by atoms with van der Waals surface area (Å²) < 4.78 is 43.9. The van der Waals surface area contributed by atoms with Gasteiger partial charge in [-0.1, -0.05) is 0 Å². The summed E-state index contributed by atoms with van der Waals surface area (Å²) in [5.74, 6) is -0.276. The Bertz CT molecular complexity index is 561. The Morgan fingerprint density at radius 1 is 1.42 bits per heavy atom. The monoisotopic (exact) mass is 335 g/mol. The van der Waals surface area contributed by atoms with Gasteiger partial charge in [0.05, 0.1) is 22.7 Å². The van der Waals surface area contributed by atoms with E-state index in [1.165, 1.54) is 19.3 Å². The quantitative estimate of drug-likeness (QED) is 0.622. The fourth-order valence-corrected chi connectivity index (χ4v) is 2.57. The number of hydrogen-bond acceptors (Lipinski definition) is 3. The van der Waals surface area contributed by atoms with E-state index in [1.54, 1.807) is 0 Å². The summed E-state index contributed by atoms with van der Waals surface area (Å²) in [4.78, 5) is 14.0. The van der Waals surface area contributed by atoms with Crippen LogP contribution in [-0.4, -0.2) is 13.2 Å². The molecule has 0 aliphatic heterocycles. The van der Waals surface area contributed by atoms with Crippen LogP contribution in [0.3, 0.4) is 0 Å². The van der Waals surface area contributed by atoms with Gasteiger partial charge in [0.2, 0.25) is 6.08 Å². The molecule has 0 bridgehead atoms. The van der Waals surface area contributed by atoms with Gasteiger partial charge >= 0.3 is 6.18 Å². The molecule has 0 spiro atoms. The van der Waals surface area contributed by atoms with Crippen LogP contribution < -0.4 is 4.74 Å². The summed E-state index contributed by atoms with van der Waals surface area (Å²) >= 11 is 3.06. The van der Waals surface area contributed by atoms with E-state index in [0.29, 0.717) is 18.4 Å². The number of alkyl halides is 3. The van der Waals surface area contributed by atoms with E-state index < -0.39 is 17.3 Å². The minimum absolute atomic E-state index is 0.187. The van der Waals surface area contributed by atoms with Gasteiger partial charge in [-0.05, 0) is 46.5 Å². The van der Waals surface area contributed by atoms with Crippen LogP contribution in [-0.2, 0) is 16.5 Å². The first kappa shape index (κ1) is 14.1. The van der Waals surface area contributed by atoms with E-state index in [2.05, 4.69) is 20.9 Å². The van der Waals surface area contributed by atoms with Crippen molar-refractivity contribution in [2.45, 2.75) is 24.6 Å². The molecule has 7 heteroatoms. The molecule has 1 aliphatic rings. The maximum atomic E-state index is 13.0. The van der Waals surface area contributed by atoms with Gasteiger partial charge in [0, 0.05) is 0 Å². The summed E-state index contributed by atoms with van der Waals surface area (Å²) in [6.07, 6.45) is -2.03. The van der Waals surface area contributed by atoms with E-state index in [-0.39, 0.29) is 10.2 Å². The molecule has 102 valence electrons. The van der Waals surface area contributed by atoms with E-state index in [4.69, 9.17) is 4.74 Å². The Labute approximate surface area is 115 Å². The smallest absolute Gasteiger partial charge is 0.420 e. The van der Waals surface area contributed by atoms with Crippen molar-refractivity contribution in [2.75, 3.05) is 7.11 Å². The number of halogens is 4. The fraction of sp³-hybridized carbons (Fsp3) is 0.417. The zero-order valence-corrected chi connectivity index (χ0v) is 11.4. The maximum Gasteiger partial charge on any atom is 0.420 e. The van der Waals surface area contributed by atoms with Gasteiger partial charge in [0.25, 0.3) is 0 Å². The fourth-order valence-electron chi connectivity index (χ4n) is 1.95. The molecule has 0 heterocycles. The lowest BCUT2D eigenvalue weighted by Crippen LogP contribution is -2.11. The van der Waals surface area contributed by atoms with Gasteiger partial charge in [-0.3, -0.25) is 0 Å². The molecule has 0 amide bonds. The highest BCUT2D eigenvalue weighted by atomic mass is 79.9. The van der Waals surface area contributed by atoms with Crippen molar-refractivity contribution in [2.24, 2.45) is 4.99 Å².